The number of rotatable bonds is 2. The fourth-order valence-electron chi connectivity index (χ4n) is 3.21. The van der Waals surface area contributed by atoms with E-state index in [-0.39, 0.29) is 11.6 Å². The molecule has 4 rings (SSSR count). The Bertz CT molecular complexity index is 829. The van der Waals surface area contributed by atoms with E-state index in [0.29, 0.717) is 28.7 Å². The average molecular weight is 330 g/mol. The molecule has 0 saturated heterocycles. The van der Waals surface area contributed by atoms with Crippen LogP contribution in [0, 0.1) is 5.82 Å². The van der Waals surface area contributed by atoms with Crippen LogP contribution in [-0.4, -0.2) is 26.8 Å². The summed E-state index contributed by atoms with van der Waals surface area (Å²) < 4.78 is 16.1. The molecule has 0 unspecified atom stereocenters. The summed E-state index contributed by atoms with van der Waals surface area (Å²) in [5, 5.41) is 8.26. The van der Waals surface area contributed by atoms with Gasteiger partial charge in [-0.25, -0.2) is 9.07 Å². The van der Waals surface area contributed by atoms with Gasteiger partial charge in [0.2, 0.25) is 11.1 Å². The number of ketones is 1. The van der Waals surface area contributed by atoms with Gasteiger partial charge in [0.15, 0.2) is 5.78 Å². The number of halogens is 1. The predicted molar refractivity (Wildman–Crippen MR) is 85.8 cm³/mol. The lowest BCUT2D eigenvalue weighted by atomic mass is 9.85. The number of carbonyl (C=O) groups is 1. The Morgan fingerprint density at radius 3 is 2.96 bits per heavy atom. The SMILES string of the molecule is CSc1nc2n(n1)[C@@H](c1ccccc1F)C1=C(CCCC1=O)N2. The molecule has 2 aliphatic rings. The van der Waals surface area contributed by atoms with Crippen LogP contribution >= 0.6 is 11.8 Å². The summed E-state index contributed by atoms with van der Waals surface area (Å²) >= 11 is 1.42. The number of hydrogen-bond donors (Lipinski definition) is 1. The summed E-state index contributed by atoms with van der Waals surface area (Å²) in [5.41, 5.74) is 1.92. The number of Topliss-reactive ketones (excluding diaryl/α,β-unsaturated/α-hetero) is 1. The van der Waals surface area contributed by atoms with E-state index in [2.05, 4.69) is 15.4 Å². The van der Waals surface area contributed by atoms with Gasteiger partial charge in [0.1, 0.15) is 11.9 Å². The van der Waals surface area contributed by atoms with E-state index in [0.717, 1.165) is 18.5 Å². The van der Waals surface area contributed by atoms with Crippen molar-refractivity contribution in [2.24, 2.45) is 0 Å². The van der Waals surface area contributed by atoms with Crippen LogP contribution in [0.25, 0.3) is 0 Å². The van der Waals surface area contributed by atoms with Gasteiger partial charge < -0.3 is 5.32 Å². The van der Waals surface area contributed by atoms with Gasteiger partial charge in [-0.1, -0.05) is 30.0 Å². The molecule has 2 aromatic rings. The lowest BCUT2D eigenvalue weighted by molar-refractivity contribution is -0.116. The number of carbonyl (C=O) groups excluding carboxylic acids is 1. The minimum absolute atomic E-state index is 0.0545. The summed E-state index contributed by atoms with van der Waals surface area (Å²) in [6.07, 6.45) is 3.95. The second-order valence-electron chi connectivity index (χ2n) is 5.58. The molecule has 23 heavy (non-hydrogen) atoms. The fourth-order valence-corrected chi connectivity index (χ4v) is 3.55. The maximum absolute atomic E-state index is 14.4. The quantitative estimate of drug-likeness (QED) is 0.857. The third kappa shape index (κ3) is 2.26. The van der Waals surface area contributed by atoms with Crippen molar-refractivity contribution < 1.29 is 9.18 Å². The fraction of sp³-hybridized carbons (Fsp3) is 0.312. The van der Waals surface area contributed by atoms with Crippen molar-refractivity contribution in [1.82, 2.24) is 14.8 Å². The molecule has 1 aliphatic heterocycles. The highest BCUT2D eigenvalue weighted by molar-refractivity contribution is 7.98. The number of allylic oxidation sites excluding steroid dienone is 2. The third-order valence-electron chi connectivity index (χ3n) is 4.23. The predicted octanol–water partition coefficient (Wildman–Crippen LogP) is 3.16. The maximum Gasteiger partial charge on any atom is 0.227 e. The minimum Gasteiger partial charge on any atom is -0.328 e. The van der Waals surface area contributed by atoms with Crippen LogP contribution in [0.15, 0.2) is 40.7 Å². The average Bonchev–Trinajstić information content (AvgIpc) is 2.97. The van der Waals surface area contributed by atoms with Crippen LogP contribution in [0.1, 0.15) is 30.9 Å². The number of nitrogens with one attached hydrogen (secondary N) is 1. The van der Waals surface area contributed by atoms with Gasteiger partial charge in [-0.2, -0.15) is 4.98 Å². The Morgan fingerprint density at radius 1 is 1.35 bits per heavy atom. The van der Waals surface area contributed by atoms with Gasteiger partial charge >= 0.3 is 0 Å². The second kappa shape index (κ2) is 5.49. The van der Waals surface area contributed by atoms with E-state index >= 15 is 0 Å². The van der Waals surface area contributed by atoms with Crippen LogP contribution in [-0.2, 0) is 4.79 Å². The molecule has 1 N–H and O–H groups in total. The summed E-state index contributed by atoms with van der Waals surface area (Å²) in [6, 6.07) is 6.00. The Kier molecular flexibility index (Phi) is 3.45. The molecule has 1 atom stereocenters. The lowest BCUT2D eigenvalue weighted by Gasteiger charge is -2.32. The van der Waals surface area contributed by atoms with Crippen molar-refractivity contribution in [3.63, 3.8) is 0 Å². The first-order chi connectivity index (χ1) is 11.2. The highest BCUT2D eigenvalue weighted by Crippen LogP contribution is 2.40. The molecule has 7 heteroatoms. The monoisotopic (exact) mass is 330 g/mol. The molecule has 1 aliphatic carbocycles. The molecule has 0 fully saturated rings. The van der Waals surface area contributed by atoms with Crippen LogP contribution < -0.4 is 5.32 Å². The first kappa shape index (κ1) is 14.4. The van der Waals surface area contributed by atoms with Crippen molar-refractivity contribution in [1.29, 1.82) is 0 Å². The summed E-state index contributed by atoms with van der Waals surface area (Å²) in [6.45, 7) is 0. The molecule has 0 radical (unpaired) electrons. The normalized spacial score (nSPS) is 20.1. The summed E-state index contributed by atoms with van der Waals surface area (Å²) in [5.74, 6) is 0.284. The van der Waals surface area contributed by atoms with Crippen molar-refractivity contribution in [2.45, 2.75) is 30.5 Å². The molecular weight excluding hydrogens is 315 g/mol. The molecule has 0 bridgehead atoms. The number of aromatic nitrogens is 3. The van der Waals surface area contributed by atoms with Crippen molar-refractivity contribution >= 4 is 23.5 Å². The second-order valence-corrected chi connectivity index (χ2v) is 6.36. The largest absolute Gasteiger partial charge is 0.328 e. The highest BCUT2D eigenvalue weighted by atomic mass is 32.2. The standard InChI is InChI=1S/C16H15FN4OS/c1-23-16-19-15-18-11-7-4-8-12(22)13(11)14(21(15)20-16)9-5-2-3-6-10(9)17/h2-3,5-6,14H,4,7-8H2,1H3,(H,18,19,20)/t14-/m0/s1. The summed E-state index contributed by atoms with van der Waals surface area (Å²) in [4.78, 5) is 16.9. The topological polar surface area (TPSA) is 59.8 Å². The van der Waals surface area contributed by atoms with E-state index < -0.39 is 6.04 Å². The summed E-state index contributed by atoms with van der Waals surface area (Å²) in [7, 11) is 0. The van der Waals surface area contributed by atoms with Crippen molar-refractivity contribution in [3.05, 3.63) is 46.9 Å². The minimum atomic E-state index is -0.552. The molecule has 0 spiro atoms. The zero-order valence-corrected chi connectivity index (χ0v) is 13.4. The number of fused-ring (bicyclic) bond motifs is 1. The lowest BCUT2D eigenvalue weighted by Crippen LogP contribution is -2.32. The Morgan fingerprint density at radius 2 is 2.17 bits per heavy atom. The van der Waals surface area contributed by atoms with E-state index in [4.69, 9.17) is 0 Å². The molecule has 0 saturated carbocycles. The first-order valence-electron chi connectivity index (χ1n) is 7.47. The van der Waals surface area contributed by atoms with Crippen molar-refractivity contribution in [2.75, 3.05) is 11.6 Å². The number of thioether (sulfide) groups is 1. The first-order valence-corrected chi connectivity index (χ1v) is 8.69. The van der Waals surface area contributed by atoms with Gasteiger partial charge in [0, 0.05) is 23.3 Å². The molecule has 1 aromatic heterocycles. The molecule has 1 aromatic carbocycles. The van der Waals surface area contributed by atoms with Crippen LogP contribution in [0.4, 0.5) is 10.3 Å². The van der Waals surface area contributed by atoms with Gasteiger partial charge in [0.05, 0.1) is 0 Å². The molecule has 118 valence electrons. The maximum atomic E-state index is 14.4. The van der Waals surface area contributed by atoms with Crippen LogP contribution in [0.3, 0.4) is 0 Å². The smallest absolute Gasteiger partial charge is 0.227 e. The van der Waals surface area contributed by atoms with E-state index in [1.807, 2.05) is 6.26 Å². The van der Waals surface area contributed by atoms with Crippen LogP contribution in [0.2, 0.25) is 0 Å². The Labute approximate surface area is 137 Å². The molecule has 2 heterocycles. The van der Waals surface area contributed by atoms with Gasteiger partial charge in [-0.15, -0.1) is 5.10 Å². The zero-order chi connectivity index (χ0) is 16.0. The third-order valence-corrected chi connectivity index (χ3v) is 4.77. The number of anilines is 1. The highest BCUT2D eigenvalue weighted by Gasteiger charge is 2.37. The number of benzene rings is 1. The Hall–Kier alpha value is -2.15. The van der Waals surface area contributed by atoms with Crippen LogP contribution in [0.5, 0.6) is 0 Å². The van der Waals surface area contributed by atoms with Crippen molar-refractivity contribution in [3.8, 4) is 0 Å². The van der Waals surface area contributed by atoms with E-state index in [9.17, 15) is 9.18 Å². The molecule has 0 amide bonds. The van der Waals surface area contributed by atoms with E-state index in [1.54, 1.807) is 22.9 Å². The molecule has 5 nitrogen and oxygen atoms in total. The molecular formula is C16H15FN4OS. The number of nitrogens with zero attached hydrogens (tertiary/aromatic N) is 3. The van der Waals surface area contributed by atoms with Gasteiger partial charge in [0.25, 0.3) is 0 Å². The van der Waals surface area contributed by atoms with Gasteiger partial charge in [-0.05, 0) is 25.2 Å². The Balaban J connectivity index is 1.95. The number of hydrogen-bond acceptors (Lipinski definition) is 5. The van der Waals surface area contributed by atoms with Gasteiger partial charge in [-0.3, -0.25) is 4.79 Å². The zero-order valence-electron chi connectivity index (χ0n) is 12.5. The van der Waals surface area contributed by atoms with E-state index in [1.165, 1.54) is 17.8 Å².